The zero-order chi connectivity index (χ0) is 91.4. The van der Waals surface area contributed by atoms with Crippen molar-refractivity contribution in [2.75, 3.05) is 0 Å². The molecule has 9 aromatic heterocycles. The summed E-state index contributed by atoms with van der Waals surface area (Å²) in [6, 6.07) is 115. The highest BCUT2D eigenvalue weighted by atomic mass is 16.3. The van der Waals surface area contributed by atoms with Crippen LogP contribution in [0.5, 0.6) is 0 Å². The quantitative estimate of drug-likeness (QED) is 0.142. The van der Waals surface area contributed by atoms with Gasteiger partial charge in [-0.25, -0.2) is 23.3 Å². The molecule has 0 saturated carbocycles. The monoisotopic (exact) mass is 1650 g/mol. The number of fused-ring (bicyclic) bond motifs is 20. The van der Waals surface area contributed by atoms with E-state index in [9.17, 15) is 0 Å². The van der Waals surface area contributed by atoms with E-state index in [1.807, 2.05) is 139 Å². The number of rotatable bonds is 8. The minimum atomic E-state index is -2.23. The Morgan fingerprint density at radius 2 is 0.535 bits per heavy atom. The van der Waals surface area contributed by atoms with Crippen molar-refractivity contribution in [3.8, 4) is 89.5 Å². The van der Waals surface area contributed by atoms with Crippen LogP contribution in [0.3, 0.4) is 0 Å². The zero-order valence-electron chi connectivity index (χ0n) is 78.0. The average molecular weight is 1650 g/mol. The molecule has 9 heteroatoms. The van der Waals surface area contributed by atoms with E-state index < -0.39 is 13.7 Å². The van der Waals surface area contributed by atoms with E-state index in [1.165, 1.54) is 105 Å². The van der Waals surface area contributed by atoms with Crippen molar-refractivity contribution >= 4 is 131 Å². The molecule has 0 bridgehead atoms. The van der Waals surface area contributed by atoms with Crippen LogP contribution in [0.4, 0.5) is 0 Å². The van der Waals surface area contributed by atoms with Crippen molar-refractivity contribution in [1.29, 1.82) is 0 Å². The van der Waals surface area contributed by atoms with Crippen LogP contribution in [0.25, 0.3) is 221 Å². The molecule has 0 aliphatic carbocycles. The van der Waals surface area contributed by atoms with Gasteiger partial charge in [0.25, 0.3) is 0 Å². The zero-order valence-corrected chi connectivity index (χ0v) is 72.0. The number of furan rings is 4. The molecule has 24 aromatic rings. The first kappa shape index (κ1) is 71.8. The Labute approximate surface area is 745 Å². The SMILES string of the molecule is Cc1c[n+](C)c(-c2cc3c(cc2C)oc2ccc4ccccc4c23)cc1-c1ccccc1.Cc1cc2oc3ccc4ccccc4c3c2cc1-c1cc(-c2ccccc2)cc[n+]1C.[2H]C([2H])([2H])c1c[n+](C)c(-c2cc3c(cc2C)oc2ccc4ccccc4c23)cc1-c1ccccc1.[2H]C([2H])([2H])c1c[n+](C)c(-c2cc3c(cc2C)oc2ncc4ccccc4c23)cc1-c1ccccc1. The Bertz CT molecular complexity index is 8520. The normalized spacial score (nSPS) is 12.5. The molecule has 0 unspecified atom stereocenters. The van der Waals surface area contributed by atoms with Crippen molar-refractivity contribution < 1.29 is 44.2 Å². The standard InChI is InChI=1S/2C30H24NO.C29H23N2O.C29H22NO/c2*1-19-15-29-26(30-23-12-8-7-11-22(23)13-14-28(30)32-29)16-25(19)27-17-24(20(2)18-31(27)3)21-9-5-4-6-10-21;1-18-13-27-25(28-22-12-8-7-11-21(22)16-30-29(28)32-27)14-24(18)26-15-23(19(2)17-31(26)3)20-9-5-4-6-10-20;1-19-16-28-25(29-23-11-7-6-10-21(23)12-13-27(29)31-28)18-24(19)26-17-22(14-15-30(26)2)20-8-4-3-5-9-20/h2*4-18H,1-3H3;4-17H,1-3H3;3-18H,1-2H3/q4*+1/i2D3;;2D3;. The molecule has 0 amide bonds. The van der Waals surface area contributed by atoms with Gasteiger partial charge in [-0.2, -0.15) is 0 Å². The second kappa shape index (κ2) is 32.2. The molecule has 0 N–H and O–H groups in total. The van der Waals surface area contributed by atoms with Gasteiger partial charge in [-0.1, -0.05) is 237 Å². The van der Waals surface area contributed by atoms with E-state index in [0.29, 0.717) is 22.4 Å². The summed E-state index contributed by atoms with van der Waals surface area (Å²) in [5.74, 6) is 0. The summed E-state index contributed by atoms with van der Waals surface area (Å²) >= 11 is 0. The van der Waals surface area contributed by atoms with Crippen LogP contribution in [0.1, 0.15) is 47.2 Å². The van der Waals surface area contributed by atoms with Crippen molar-refractivity contribution in [2.24, 2.45) is 28.2 Å². The van der Waals surface area contributed by atoms with Crippen LogP contribution in [0, 0.1) is 48.3 Å². The molecule has 9 nitrogen and oxygen atoms in total. The van der Waals surface area contributed by atoms with Crippen molar-refractivity contribution in [1.82, 2.24) is 4.98 Å². The van der Waals surface area contributed by atoms with E-state index in [2.05, 4.69) is 299 Å². The van der Waals surface area contributed by atoms with Crippen LogP contribution in [0.2, 0.25) is 0 Å². The first-order chi connectivity index (χ1) is 64.4. The third-order valence-electron chi connectivity index (χ3n) is 25.3. The second-order valence-electron chi connectivity index (χ2n) is 33.5. The van der Waals surface area contributed by atoms with Gasteiger partial charge >= 0.3 is 0 Å². The molecule has 127 heavy (non-hydrogen) atoms. The molecule has 0 aliphatic heterocycles. The molecule has 15 aromatic carbocycles. The van der Waals surface area contributed by atoms with Crippen LogP contribution in [-0.4, -0.2) is 4.98 Å². The summed E-state index contributed by atoms with van der Waals surface area (Å²) in [7, 11) is 8.04. The Hall–Kier alpha value is -15.7. The predicted octanol–water partition coefficient (Wildman–Crippen LogP) is 29.1. The Kier molecular flexibility index (Phi) is 18.2. The molecule has 24 rings (SSSR count). The van der Waals surface area contributed by atoms with E-state index in [4.69, 9.17) is 25.9 Å². The number of hydrogen-bond acceptors (Lipinski definition) is 5. The minimum Gasteiger partial charge on any atom is -0.456 e. The van der Waals surface area contributed by atoms with Gasteiger partial charge in [-0.05, 0) is 220 Å². The van der Waals surface area contributed by atoms with Crippen LogP contribution >= 0.6 is 0 Å². The Balaban J connectivity index is 0.000000107. The number of benzene rings is 15. The molecule has 0 fully saturated rings. The molecular weight excluding hydrogens is 1550 g/mol. The third kappa shape index (κ3) is 14.2. The molecule has 9 heterocycles. The van der Waals surface area contributed by atoms with Gasteiger partial charge in [0.2, 0.25) is 28.5 Å². The smallest absolute Gasteiger partial charge is 0.227 e. The maximum atomic E-state index is 8.14. The van der Waals surface area contributed by atoms with Gasteiger partial charge in [-0.3, -0.25) is 0 Å². The summed E-state index contributed by atoms with van der Waals surface area (Å²) in [6.07, 6.45) is 9.69. The van der Waals surface area contributed by atoms with Crippen molar-refractivity contribution in [3.05, 3.63) is 404 Å². The fraction of sp³-hybridized carbons (Fsp3) is 0.0932. The van der Waals surface area contributed by atoms with E-state index in [1.54, 1.807) is 12.4 Å². The summed E-state index contributed by atoms with van der Waals surface area (Å²) in [5, 5.41) is 18.3. The van der Waals surface area contributed by atoms with Crippen molar-refractivity contribution in [2.45, 2.75) is 48.3 Å². The molecule has 0 radical (unpaired) electrons. The molecular formula is C118H93N5O4+4. The Morgan fingerprint density at radius 1 is 0.228 bits per heavy atom. The van der Waals surface area contributed by atoms with Gasteiger partial charge in [0.1, 0.15) is 67.3 Å². The van der Waals surface area contributed by atoms with Gasteiger partial charge in [0.05, 0.1) is 5.39 Å². The lowest BCUT2D eigenvalue weighted by Gasteiger charge is -2.10. The first-order valence-electron chi connectivity index (χ1n) is 46.0. The van der Waals surface area contributed by atoms with Crippen LogP contribution in [-0.2, 0) is 28.2 Å². The highest BCUT2D eigenvalue weighted by Crippen LogP contribution is 2.45. The van der Waals surface area contributed by atoms with E-state index in [0.717, 1.165) is 133 Å². The van der Waals surface area contributed by atoms with Gasteiger partial charge in [0, 0.05) is 127 Å². The highest BCUT2D eigenvalue weighted by Gasteiger charge is 2.27. The van der Waals surface area contributed by atoms with E-state index in [-0.39, 0.29) is 0 Å². The Morgan fingerprint density at radius 3 is 0.913 bits per heavy atom. The molecule has 0 atom stereocenters. The largest absolute Gasteiger partial charge is 0.456 e. The predicted molar refractivity (Wildman–Crippen MR) is 524 cm³/mol. The van der Waals surface area contributed by atoms with E-state index >= 15 is 0 Å². The molecule has 610 valence electrons. The number of nitrogens with zero attached hydrogens (tertiary/aromatic N) is 5. The average Bonchev–Trinajstić information content (AvgIpc) is 1.61. The lowest BCUT2D eigenvalue weighted by atomic mass is 9.95. The number of pyridine rings is 5. The maximum absolute atomic E-state index is 8.14. The summed E-state index contributed by atoms with van der Waals surface area (Å²) in [6.45, 7) is 6.18. The summed E-state index contributed by atoms with van der Waals surface area (Å²) < 4.78 is 81.9. The number of aromatic nitrogens is 5. The van der Waals surface area contributed by atoms with Crippen LogP contribution in [0.15, 0.2) is 382 Å². The molecule has 0 spiro atoms. The van der Waals surface area contributed by atoms with Gasteiger partial charge in [0.15, 0.2) is 24.8 Å². The summed E-state index contributed by atoms with van der Waals surface area (Å²) in [4.78, 5) is 4.55. The number of aryl methyl sites for hydroxylation is 11. The fourth-order valence-electron chi connectivity index (χ4n) is 18.9. The lowest BCUT2D eigenvalue weighted by Crippen LogP contribution is -2.31. The topological polar surface area (TPSA) is 81.0 Å². The highest BCUT2D eigenvalue weighted by molar-refractivity contribution is 6.23. The first-order valence-corrected chi connectivity index (χ1v) is 43.0. The third-order valence-corrected chi connectivity index (χ3v) is 25.3. The van der Waals surface area contributed by atoms with Crippen LogP contribution < -0.4 is 18.3 Å². The summed E-state index contributed by atoms with van der Waals surface area (Å²) in [5.41, 5.74) is 30.3. The molecule has 0 saturated heterocycles. The lowest BCUT2D eigenvalue weighted by molar-refractivity contribution is -0.660. The fourth-order valence-corrected chi connectivity index (χ4v) is 18.9. The number of hydrogen-bond donors (Lipinski definition) is 0. The minimum absolute atomic E-state index is 0.331. The van der Waals surface area contributed by atoms with Crippen molar-refractivity contribution in [3.63, 3.8) is 0 Å². The van der Waals surface area contributed by atoms with Gasteiger partial charge < -0.3 is 17.7 Å². The van der Waals surface area contributed by atoms with Gasteiger partial charge in [-0.15, -0.1) is 0 Å². The maximum Gasteiger partial charge on any atom is 0.227 e. The second-order valence-corrected chi connectivity index (χ2v) is 33.5. The molecule has 0 aliphatic rings.